The molecule has 0 bridgehead atoms. The molecule has 1 aliphatic heterocycles. The van der Waals surface area contributed by atoms with Gasteiger partial charge in [0, 0.05) is 26.2 Å². The Bertz CT molecular complexity index is 404. The van der Waals surface area contributed by atoms with Crippen LogP contribution in [0.15, 0.2) is 0 Å². The molecule has 1 heterocycles. The molecule has 1 atom stereocenters. The van der Waals surface area contributed by atoms with Gasteiger partial charge in [-0.15, -0.1) is 4.83 Å². The fourth-order valence-electron chi connectivity index (χ4n) is 1.73. The van der Waals surface area contributed by atoms with E-state index in [2.05, 4.69) is 14.5 Å². The van der Waals surface area contributed by atoms with Crippen LogP contribution in [0.3, 0.4) is 0 Å². The molecule has 3 N–H and O–H groups in total. The number of likely N-dealkylation sites (N-methyl/N-ethyl adjacent to an activating group) is 1. The van der Waals surface area contributed by atoms with E-state index in [0.717, 1.165) is 13.1 Å². The Morgan fingerprint density at radius 2 is 1.74 bits per heavy atom. The van der Waals surface area contributed by atoms with Gasteiger partial charge in [0.05, 0.1) is 0 Å². The highest BCUT2D eigenvalue weighted by atomic mass is 32.2. The van der Waals surface area contributed by atoms with Gasteiger partial charge in [0.1, 0.15) is 6.04 Å². The van der Waals surface area contributed by atoms with E-state index in [9.17, 15) is 13.2 Å². The van der Waals surface area contributed by atoms with Gasteiger partial charge in [0.15, 0.2) is 0 Å². The number of piperazine rings is 1. The Labute approximate surface area is 113 Å². The molecule has 0 unspecified atom stereocenters. The molecule has 1 saturated heterocycles. The van der Waals surface area contributed by atoms with E-state index in [1.54, 1.807) is 18.9 Å². The third-order valence-electron chi connectivity index (χ3n) is 2.97. The van der Waals surface area contributed by atoms with Crippen LogP contribution in [0.5, 0.6) is 0 Å². The molecular formula is C10H22N4O4S. The van der Waals surface area contributed by atoms with E-state index in [1.807, 2.05) is 7.05 Å². The van der Waals surface area contributed by atoms with Crippen molar-refractivity contribution in [3.05, 3.63) is 0 Å². The van der Waals surface area contributed by atoms with Crippen molar-refractivity contribution >= 4 is 16.2 Å². The van der Waals surface area contributed by atoms with Crippen LogP contribution in [0, 0.1) is 5.92 Å². The number of hydrogen-bond acceptors (Lipinski definition) is 5. The predicted octanol–water partition coefficient (Wildman–Crippen LogP) is -1.32. The molecule has 1 fully saturated rings. The maximum atomic E-state index is 11.9. The molecule has 0 aliphatic carbocycles. The highest BCUT2D eigenvalue weighted by Gasteiger charge is 2.28. The normalized spacial score (nSPS) is 20.6. The molecule has 112 valence electrons. The van der Waals surface area contributed by atoms with E-state index < -0.39 is 22.2 Å². The summed E-state index contributed by atoms with van der Waals surface area (Å²) in [7, 11) is -1.90. The van der Waals surface area contributed by atoms with E-state index in [1.165, 1.54) is 0 Å². The maximum Gasteiger partial charge on any atom is 0.322 e. The van der Waals surface area contributed by atoms with Crippen LogP contribution in [0.1, 0.15) is 13.8 Å². The Morgan fingerprint density at radius 1 is 1.21 bits per heavy atom. The SMILES string of the molecule is CC(C)[C@H](NS(=O)(=O)NN1CCN(C)CC1)C(=O)O. The first-order chi connectivity index (χ1) is 8.71. The minimum absolute atomic E-state index is 0.332. The van der Waals surface area contributed by atoms with Crippen LogP contribution in [-0.2, 0) is 15.0 Å². The molecule has 1 aliphatic rings. The van der Waals surface area contributed by atoms with Crippen molar-refractivity contribution in [2.45, 2.75) is 19.9 Å². The van der Waals surface area contributed by atoms with Crippen molar-refractivity contribution in [2.75, 3.05) is 33.2 Å². The van der Waals surface area contributed by atoms with Gasteiger partial charge in [-0.25, -0.2) is 5.01 Å². The van der Waals surface area contributed by atoms with Crippen LogP contribution in [0.4, 0.5) is 0 Å². The zero-order chi connectivity index (χ0) is 14.6. The Morgan fingerprint density at radius 3 is 2.16 bits per heavy atom. The molecule has 0 amide bonds. The van der Waals surface area contributed by atoms with E-state index >= 15 is 0 Å². The number of nitrogens with one attached hydrogen (secondary N) is 2. The molecule has 0 aromatic rings. The summed E-state index contributed by atoms with van der Waals surface area (Å²) in [5.74, 6) is -1.51. The molecule has 0 saturated carbocycles. The summed E-state index contributed by atoms with van der Waals surface area (Å²) < 4.78 is 25.9. The van der Waals surface area contributed by atoms with Gasteiger partial charge in [-0.3, -0.25) is 4.79 Å². The standard InChI is InChI=1S/C10H22N4O4S/c1-8(2)9(10(15)16)11-19(17,18)12-14-6-4-13(3)5-7-14/h8-9,11-12H,4-7H2,1-3H3,(H,15,16)/t9-/m0/s1. The number of rotatable bonds is 6. The van der Waals surface area contributed by atoms with Gasteiger partial charge < -0.3 is 10.0 Å². The third-order valence-corrected chi connectivity index (χ3v) is 4.03. The maximum absolute atomic E-state index is 11.9. The Hall–Kier alpha value is -0.740. The summed E-state index contributed by atoms with van der Waals surface area (Å²) in [5, 5.41) is 10.5. The van der Waals surface area contributed by atoms with Crippen LogP contribution < -0.4 is 9.55 Å². The lowest BCUT2D eigenvalue weighted by atomic mass is 10.1. The largest absolute Gasteiger partial charge is 0.480 e. The first-order valence-corrected chi connectivity index (χ1v) is 7.65. The van der Waals surface area contributed by atoms with Gasteiger partial charge >= 0.3 is 5.97 Å². The topological polar surface area (TPSA) is 102 Å². The van der Waals surface area contributed by atoms with Gasteiger partial charge in [-0.1, -0.05) is 13.8 Å². The van der Waals surface area contributed by atoms with E-state index in [4.69, 9.17) is 5.11 Å². The molecule has 1 rings (SSSR count). The molecule has 19 heavy (non-hydrogen) atoms. The smallest absolute Gasteiger partial charge is 0.322 e. The van der Waals surface area contributed by atoms with Crippen molar-refractivity contribution in [1.82, 2.24) is 19.5 Å². The van der Waals surface area contributed by atoms with Gasteiger partial charge in [-0.05, 0) is 13.0 Å². The van der Waals surface area contributed by atoms with Crippen LogP contribution >= 0.6 is 0 Å². The second-order valence-electron chi connectivity index (χ2n) is 5.06. The van der Waals surface area contributed by atoms with Crippen molar-refractivity contribution < 1.29 is 18.3 Å². The summed E-state index contributed by atoms with van der Waals surface area (Å²) in [6, 6.07) is -1.13. The molecule has 0 aromatic heterocycles. The van der Waals surface area contributed by atoms with Crippen molar-refractivity contribution in [3.63, 3.8) is 0 Å². The zero-order valence-corrected chi connectivity index (χ0v) is 12.3. The van der Waals surface area contributed by atoms with Gasteiger partial charge in [-0.2, -0.15) is 13.1 Å². The Kier molecular flexibility index (Phi) is 5.68. The first-order valence-electron chi connectivity index (χ1n) is 6.17. The van der Waals surface area contributed by atoms with Crippen LogP contribution in [0.2, 0.25) is 0 Å². The summed E-state index contributed by atoms with van der Waals surface area (Å²) in [5.41, 5.74) is 0. The second-order valence-corrected chi connectivity index (χ2v) is 6.49. The lowest BCUT2D eigenvalue weighted by Crippen LogP contribution is -2.57. The predicted molar refractivity (Wildman–Crippen MR) is 70.5 cm³/mol. The lowest BCUT2D eigenvalue weighted by molar-refractivity contribution is -0.140. The van der Waals surface area contributed by atoms with Crippen molar-refractivity contribution in [3.8, 4) is 0 Å². The molecule has 9 heteroatoms. The minimum Gasteiger partial charge on any atom is -0.480 e. The first kappa shape index (κ1) is 16.3. The monoisotopic (exact) mass is 294 g/mol. The highest BCUT2D eigenvalue weighted by molar-refractivity contribution is 7.87. The van der Waals surface area contributed by atoms with Crippen molar-refractivity contribution in [2.24, 2.45) is 5.92 Å². The number of carboxylic acids is 1. The minimum atomic E-state index is -3.86. The number of nitrogens with zero attached hydrogens (tertiary/aromatic N) is 2. The average molecular weight is 294 g/mol. The third kappa shape index (κ3) is 5.41. The van der Waals surface area contributed by atoms with E-state index in [0.29, 0.717) is 13.1 Å². The molecule has 0 spiro atoms. The molecule has 0 aromatic carbocycles. The summed E-state index contributed by atoms with van der Waals surface area (Å²) >= 11 is 0. The number of hydrogen-bond donors (Lipinski definition) is 3. The second kappa shape index (κ2) is 6.62. The van der Waals surface area contributed by atoms with Crippen LogP contribution in [-0.4, -0.2) is 68.7 Å². The molecule has 0 radical (unpaired) electrons. The number of hydrazine groups is 1. The average Bonchev–Trinajstić information content (AvgIpc) is 2.28. The van der Waals surface area contributed by atoms with Crippen molar-refractivity contribution in [1.29, 1.82) is 0 Å². The fraction of sp³-hybridized carbons (Fsp3) is 0.900. The highest BCUT2D eigenvalue weighted by Crippen LogP contribution is 2.04. The lowest BCUT2D eigenvalue weighted by Gasteiger charge is -2.32. The Balaban J connectivity index is 2.58. The van der Waals surface area contributed by atoms with Crippen LogP contribution in [0.25, 0.3) is 0 Å². The molecule has 8 nitrogen and oxygen atoms in total. The zero-order valence-electron chi connectivity index (χ0n) is 11.5. The van der Waals surface area contributed by atoms with E-state index in [-0.39, 0.29) is 5.92 Å². The summed E-state index contributed by atoms with van der Waals surface area (Å²) in [6.45, 7) is 5.95. The number of aliphatic carboxylic acids is 1. The quantitative estimate of drug-likeness (QED) is 0.562. The number of carbonyl (C=O) groups is 1. The molecular weight excluding hydrogens is 272 g/mol. The summed E-state index contributed by atoms with van der Waals surface area (Å²) in [4.78, 5) is 15.4. The number of carboxylic acid groups (broad SMARTS) is 1. The fourth-order valence-corrected chi connectivity index (χ4v) is 3.02. The van der Waals surface area contributed by atoms with Gasteiger partial charge in [0.25, 0.3) is 10.2 Å². The summed E-state index contributed by atoms with van der Waals surface area (Å²) in [6.07, 6.45) is 0. The van der Waals surface area contributed by atoms with Gasteiger partial charge in [0.2, 0.25) is 0 Å².